The molecule has 0 bridgehead atoms. The third-order valence-electron chi connectivity index (χ3n) is 2.91. The molecule has 0 saturated carbocycles. The van der Waals surface area contributed by atoms with Crippen molar-refractivity contribution < 1.29 is 4.39 Å². The van der Waals surface area contributed by atoms with Crippen LogP contribution in [-0.2, 0) is 0 Å². The van der Waals surface area contributed by atoms with Gasteiger partial charge in [-0.1, -0.05) is 42.5 Å². The second-order valence-electron chi connectivity index (χ2n) is 4.47. The predicted molar refractivity (Wildman–Crippen MR) is 81.6 cm³/mol. The van der Waals surface area contributed by atoms with Gasteiger partial charge in [0.1, 0.15) is 17.5 Å². The van der Waals surface area contributed by atoms with Crippen LogP contribution in [0.1, 0.15) is 0 Å². The Hall–Kier alpha value is -2.95. The molecule has 0 saturated heterocycles. The van der Waals surface area contributed by atoms with Crippen LogP contribution >= 0.6 is 0 Å². The summed E-state index contributed by atoms with van der Waals surface area (Å²) in [5.41, 5.74) is 6.99. The zero-order valence-corrected chi connectivity index (χ0v) is 11.1. The molecule has 0 aliphatic rings. The van der Waals surface area contributed by atoms with Crippen LogP contribution in [0, 0.1) is 5.82 Å². The van der Waals surface area contributed by atoms with Gasteiger partial charge < -0.3 is 11.1 Å². The van der Waals surface area contributed by atoms with Gasteiger partial charge in [0.05, 0.1) is 5.69 Å². The molecule has 0 unspecified atom stereocenters. The number of rotatable bonds is 3. The highest BCUT2D eigenvalue weighted by molar-refractivity contribution is 5.64. The van der Waals surface area contributed by atoms with E-state index in [1.807, 2.05) is 30.3 Å². The molecular weight excluding hydrogens is 267 g/mol. The van der Waals surface area contributed by atoms with Crippen LogP contribution < -0.4 is 11.1 Å². The summed E-state index contributed by atoms with van der Waals surface area (Å²) in [7, 11) is 0. The fourth-order valence-electron chi connectivity index (χ4n) is 1.95. The van der Waals surface area contributed by atoms with Gasteiger partial charge in [-0.2, -0.15) is 0 Å². The highest BCUT2D eigenvalue weighted by atomic mass is 19.1. The van der Waals surface area contributed by atoms with Crippen LogP contribution in [0.15, 0.2) is 60.7 Å². The normalized spacial score (nSPS) is 10.3. The average Bonchev–Trinajstić information content (AvgIpc) is 2.50. The summed E-state index contributed by atoms with van der Waals surface area (Å²) < 4.78 is 13.7. The Bertz CT molecular complexity index is 759. The lowest BCUT2D eigenvalue weighted by Crippen LogP contribution is -2.01. The number of anilines is 3. The molecule has 3 N–H and O–H groups in total. The lowest BCUT2D eigenvalue weighted by Gasteiger charge is -2.09. The summed E-state index contributed by atoms with van der Waals surface area (Å²) in [5, 5.41) is 2.92. The topological polar surface area (TPSA) is 63.8 Å². The quantitative estimate of drug-likeness (QED) is 0.769. The molecule has 0 atom stereocenters. The van der Waals surface area contributed by atoms with Crippen molar-refractivity contribution in [2.24, 2.45) is 0 Å². The summed E-state index contributed by atoms with van der Waals surface area (Å²) >= 11 is 0. The molecule has 1 aromatic heterocycles. The smallest absolute Gasteiger partial charge is 0.163 e. The molecule has 5 heteroatoms. The van der Waals surface area contributed by atoms with E-state index >= 15 is 0 Å². The minimum Gasteiger partial charge on any atom is -0.384 e. The lowest BCUT2D eigenvalue weighted by atomic mass is 10.2. The zero-order valence-electron chi connectivity index (χ0n) is 11.1. The maximum atomic E-state index is 13.7. The van der Waals surface area contributed by atoms with Crippen LogP contribution in [0.4, 0.5) is 21.7 Å². The molecule has 4 nitrogen and oxygen atoms in total. The first-order chi connectivity index (χ1) is 10.2. The van der Waals surface area contributed by atoms with Crippen LogP contribution in [0.5, 0.6) is 0 Å². The van der Waals surface area contributed by atoms with Gasteiger partial charge in [0.2, 0.25) is 0 Å². The SMILES string of the molecule is Nc1cc(Nc2ccccc2F)nc(-c2ccccc2)n1. The molecule has 0 aliphatic carbocycles. The van der Waals surface area contributed by atoms with E-state index in [2.05, 4.69) is 15.3 Å². The van der Waals surface area contributed by atoms with E-state index in [4.69, 9.17) is 5.73 Å². The summed E-state index contributed by atoms with van der Waals surface area (Å²) in [4.78, 5) is 8.57. The molecule has 21 heavy (non-hydrogen) atoms. The van der Waals surface area contributed by atoms with Gasteiger partial charge in [0.15, 0.2) is 5.82 Å². The van der Waals surface area contributed by atoms with Crippen LogP contribution in [0.2, 0.25) is 0 Å². The largest absolute Gasteiger partial charge is 0.384 e. The molecule has 0 aliphatic heterocycles. The van der Waals surface area contributed by atoms with Crippen LogP contribution in [0.3, 0.4) is 0 Å². The van der Waals surface area contributed by atoms with Gasteiger partial charge in [0, 0.05) is 11.6 Å². The molecule has 0 radical (unpaired) electrons. The van der Waals surface area contributed by atoms with Crippen molar-refractivity contribution in [2.75, 3.05) is 11.1 Å². The number of nitrogens with zero attached hydrogens (tertiary/aromatic N) is 2. The number of nitrogens with two attached hydrogens (primary N) is 1. The number of aromatic nitrogens is 2. The van der Waals surface area contributed by atoms with E-state index in [0.717, 1.165) is 5.56 Å². The van der Waals surface area contributed by atoms with Crippen molar-refractivity contribution >= 4 is 17.3 Å². The van der Waals surface area contributed by atoms with Crippen molar-refractivity contribution in [1.82, 2.24) is 9.97 Å². The Morgan fingerprint density at radius 2 is 1.62 bits per heavy atom. The van der Waals surface area contributed by atoms with Crippen molar-refractivity contribution in [3.05, 3.63) is 66.5 Å². The van der Waals surface area contributed by atoms with E-state index < -0.39 is 0 Å². The second-order valence-corrected chi connectivity index (χ2v) is 4.47. The van der Waals surface area contributed by atoms with Gasteiger partial charge in [-0.3, -0.25) is 0 Å². The number of hydrogen-bond acceptors (Lipinski definition) is 4. The lowest BCUT2D eigenvalue weighted by molar-refractivity contribution is 0.632. The number of hydrogen-bond donors (Lipinski definition) is 2. The number of benzene rings is 2. The Balaban J connectivity index is 1.97. The average molecular weight is 280 g/mol. The zero-order chi connectivity index (χ0) is 14.7. The number of nitrogen functional groups attached to an aromatic ring is 1. The van der Waals surface area contributed by atoms with E-state index in [1.54, 1.807) is 24.3 Å². The van der Waals surface area contributed by atoms with Crippen LogP contribution in [0.25, 0.3) is 11.4 Å². The van der Waals surface area contributed by atoms with Crippen molar-refractivity contribution in [3.63, 3.8) is 0 Å². The predicted octanol–water partition coefficient (Wildman–Crippen LogP) is 3.61. The van der Waals surface area contributed by atoms with Gasteiger partial charge >= 0.3 is 0 Å². The van der Waals surface area contributed by atoms with E-state index in [9.17, 15) is 4.39 Å². The number of para-hydroxylation sites is 1. The van der Waals surface area contributed by atoms with Gasteiger partial charge in [-0.25, -0.2) is 14.4 Å². The molecule has 0 fully saturated rings. The molecule has 2 aromatic carbocycles. The van der Waals surface area contributed by atoms with Crippen LogP contribution in [-0.4, -0.2) is 9.97 Å². The summed E-state index contributed by atoms with van der Waals surface area (Å²) in [6, 6.07) is 17.4. The standard InChI is InChI=1S/C16H13FN4/c17-12-8-4-5-9-13(12)19-15-10-14(18)20-16(21-15)11-6-2-1-3-7-11/h1-10H,(H3,18,19,20,21). The third kappa shape index (κ3) is 2.97. The minimum absolute atomic E-state index is 0.322. The minimum atomic E-state index is -0.351. The van der Waals surface area contributed by atoms with Crippen molar-refractivity contribution in [1.29, 1.82) is 0 Å². The van der Waals surface area contributed by atoms with E-state index in [0.29, 0.717) is 23.1 Å². The molecular formula is C16H13FN4. The Labute approximate surface area is 121 Å². The van der Waals surface area contributed by atoms with Gasteiger partial charge in [0.25, 0.3) is 0 Å². The Morgan fingerprint density at radius 3 is 2.38 bits per heavy atom. The maximum absolute atomic E-state index is 13.7. The maximum Gasteiger partial charge on any atom is 0.163 e. The van der Waals surface area contributed by atoms with E-state index in [1.165, 1.54) is 6.07 Å². The molecule has 0 amide bonds. The van der Waals surface area contributed by atoms with Crippen molar-refractivity contribution in [3.8, 4) is 11.4 Å². The first kappa shape index (κ1) is 13.1. The van der Waals surface area contributed by atoms with Gasteiger partial charge in [-0.15, -0.1) is 0 Å². The number of halogens is 1. The monoisotopic (exact) mass is 280 g/mol. The Kier molecular flexibility index (Phi) is 3.47. The molecule has 0 spiro atoms. The first-order valence-corrected chi connectivity index (χ1v) is 6.44. The Morgan fingerprint density at radius 1 is 0.905 bits per heavy atom. The molecule has 1 heterocycles. The highest BCUT2D eigenvalue weighted by Crippen LogP contribution is 2.22. The number of nitrogens with one attached hydrogen (secondary N) is 1. The molecule has 3 rings (SSSR count). The van der Waals surface area contributed by atoms with Crippen molar-refractivity contribution in [2.45, 2.75) is 0 Å². The summed E-state index contributed by atoms with van der Waals surface area (Å²) in [6.07, 6.45) is 0. The molecule has 104 valence electrons. The van der Waals surface area contributed by atoms with E-state index in [-0.39, 0.29) is 5.82 Å². The fraction of sp³-hybridized carbons (Fsp3) is 0. The first-order valence-electron chi connectivity index (χ1n) is 6.44. The highest BCUT2D eigenvalue weighted by Gasteiger charge is 2.07. The summed E-state index contributed by atoms with van der Waals surface area (Å²) in [5.74, 6) is 0.916. The fourth-order valence-corrected chi connectivity index (χ4v) is 1.95. The van der Waals surface area contributed by atoms with Gasteiger partial charge in [-0.05, 0) is 12.1 Å². The summed E-state index contributed by atoms with van der Waals surface area (Å²) in [6.45, 7) is 0. The second kappa shape index (κ2) is 5.58. The third-order valence-corrected chi connectivity index (χ3v) is 2.91. The molecule has 3 aromatic rings.